The van der Waals surface area contributed by atoms with E-state index in [1.165, 1.54) is 12.1 Å². The predicted octanol–water partition coefficient (Wildman–Crippen LogP) is 0.782. The summed E-state index contributed by atoms with van der Waals surface area (Å²) >= 11 is 0. The second-order valence-electron chi connectivity index (χ2n) is 5.28. The summed E-state index contributed by atoms with van der Waals surface area (Å²) in [6.07, 6.45) is 0.297. The first kappa shape index (κ1) is 15.7. The van der Waals surface area contributed by atoms with Gasteiger partial charge in [-0.15, -0.1) is 0 Å². The van der Waals surface area contributed by atoms with Crippen LogP contribution in [0, 0.1) is 10.1 Å². The van der Waals surface area contributed by atoms with Gasteiger partial charge in [-0.2, -0.15) is 4.31 Å². The van der Waals surface area contributed by atoms with Crippen molar-refractivity contribution in [3.05, 3.63) is 28.3 Å². The lowest BCUT2D eigenvalue weighted by molar-refractivity contribution is -0.387. The molecule has 0 aliphatic carbocycles. The Kier molecular flexibility index (Phi) is 3.91. The molecule has 116 valence electrons. The topological polar surface area (TPSA) is 113 Å². The number of hydrogen-bond acceptors (Lipinski definition) is 6. The van der Waals surface area contributed by atoms with E-state index in [4.69, 9.17) is 0 Å². The molecule has 0 aromatic heterocycles. The lowest BCUT2D eigenvalue weighted by atomic mass is 10.1. The van der Waals surface area contributed by atoms with Crippen molar-refractivity contribution in [3.63, 3.8) is 0 Å². The molecule has 8 nitrogen and oxygen atoms in total. The van der Waals surface area contributed by atoms with Crippen LogP contribution in [0.3, 0.4) is 0 Å². The third kappa shape index (κ3) is 2.99. The van der Waals surface area contributed by atoms with E-state index in [0.717, 1.165) is 10.4 Å². The van der Waals surface area contributed by atoms with Crippen LogP contribution in [-0.2, 0) is 10.0 Å². The number of aliphatic hydroxyl groups is 1. The number of anilines is 1. The molecule has 0 radical (unpaired) electrons. The first-order valence-electron chi connectivity index (χ1n) is 6.36. The minimum absolute atomic E-state index is 0.0731. The van der Waals surface area contributed by atoms with Gasteiger partial charge in [-0.3, -0.25) is 10.1 Å². The first-order valence-corrected chi connectivity index (χ1v) is 7.80. The molecular formula is C12H17N3O5S. The minimum Gasteiger partial charge on any atom is -0.389 e. The Balaban J connectivity index is 2.51. The third-order valence-electron chi connectivity index (χ3n) is 3.48. The lowest BCUT2D eigenvalue weighted by Gasteiger charge is -2.19. The van der Waals surface area contributed by atoms with Crippen molar-refractivity contribution in [1.82, 2.24) is 4.31 Å². The smallest absolute Gasteiger partial charge is 0.289 e. The number of benzene rings is 1. The molecule has 0 bridgehead atoms. The van der Waals surface area contributed by atoms with Crippen LogP contribution in [0.1, 0.15) is 13.3 Å². The Hall–Kier alpha value is -1.71. The Labute approximate surface area is 122 Å². The molecule has 0 saturated carbocycles. The maximum absolute atomic E-state index is 12.6. The van der Waals surface area contributed by atoms with Crippen molar-refractivity contribution in [2.24, 2.45) is 0 Å². The highest BCUT2D eigenvalue weighted by Crippen LogP contribution is 2.33. The predicted molar refractivity (Wildman–Crippen MR) is 76.6 cm³/mol. The largest absolute Gasteiger partial charge is 0.389 e. The van der Waals surface area contributed by atoms with Gasteiger partial charge < -0.3 is 10.4 Å². The van der Waals surface area contributed by atoms with Crippen molar-refractivity contribution in [1.29, 1.82) is 0 Å². The normalized spacial score (nSPS) is 23.2. The number of β-amino-alcohol motifs (C(OH)–C–C–N with tert-alkyl or cyclic N) is 1. The van der Waals surface area contributed by atoms with Crippen LogP contribution in [0.4, 0.5) is 11.4 Å². The lowest BCUT2D eigenvalue weighted by Crippen LogP contribution is -2.34. The van der Waals surface area contributed by atoms with E-state index < -0.39 is 26.2 Å². The molecule has 2 rings (SSSR count). The van der Waals surface area contributed by atoms with Crippen molar-refractivity contribution < 1.29 is 18.4 Å². The summed E-state index contributed by atoms with van der Waals surface area (Å²) in [5.74, 6) is 0. The molecule has 1 unspecified atom stereocenters. The van der Waals surface area contributed by atoms with Crippen LogP contribution >= 0.6 is 0 Å². The van der Waals surface area contributed by atoms with E-state index in [0.29, 0.717) is 12.1 Å². The number of rotatable bonds is 4. The summed E-state index contributed by atoms with van der Waals surface area (Å²) in [7, 11) is -2.43. The number of nitrogens with one attached hydrogen (secondary N) is 1. The highest BCUT2D eigenvalue weighted by atomic mass is 32.2. The zero-order valence-electron chi connectivity index (χ0n) is 11.7. The standard InChI is InChI=1S/C12H17N3O5S/c1-12(16)5-6-14(8-12)21(19,20)11-7-9(13-2)3-4-10(11)15(17)18/h3-4,7,13,16H,5-6,8H2,1-2H3. The fourth-order valence-electron chi connectivity index (χ4n) is 2.27. The molecule has 1 aromatic carbocycles. The average Bonchev–Trinajstić information content (AvgIpc) is 2.79. The second kappa shape index (κ2) is 5.24. The molecule has 1 heterocycles. The molecule has 1 fully saturated rings. The molecule has 1 atom stereocenters. The fraction of sp³-hybridized carbons (Fsp3) is 0.500. The van der Waals surface area contributed by atoms with Gasteiger partial charge in [-0.05, 0) is 25.5 Å². The molecule has 1 aliphatic rings. The van der Waals surface area contributed by atoms with E-state index in [9.17, 15) is 23.6 Å². The van der Waals surface area contributed by atoms with E-state index in [2.05, 4.69) is 5.32 Å². The maximum atomic E-state index is 12.6. The van der Waals surface area contributed by atoms with Crippen LogP contribution in [-0.4, -0.2) is 48.5 Å². The van der Waals surface area contributed by atoms with Gasteiger partial charge in [0.15, 0.2) is 4.90 Å². The summed E-state index contributed by atoms with van der Waals surface area (Å²) in [5, 5.41) is 23.7. The maximum Gasteiger partial charge on any atom is 0.289 e. The molecule has 21 heavy (non-hydrogen) atoms. The summed E-state index contributed by atoms with van der Waals surface area (Å²) < 4.78 is 26.3. The molecule has 9 heteroatoms. The number of sulfonamides is 1. The number of hydrogen-bond donors (Lipinski definition) is 2. The first-order chi connectivity index (χ1) is 9.67. The van der Waals surface area contributed by atoms with E-state index in [-0.39, 0.29) is 18.0 Å². The summed E-state index contributed by atoms with van der Waals surface area (Å²) in [5.41, 5.74) is -1.12. The van der Waals surface area contributed by atoms with Crippen molar-refractivity contribution in [2.75, 3.05) is 25.5 Å². The molecule has 1 aromatic rings. The van der Waals surface area contributed by atoms with Crippen LogP contribution < -0.4 is 5.32 Å². The monoisotopic (exact) mass is 315 g/mol. The SMILES string of the molecule is CNc1ccc([N+](=O)[O-])c(S(=O)(=O)N2CCC(C)(O)C2)c1. The van der Waals surface area contributed by atoms with E-state index in [1.54, 1.807) is 14.0 Å². The van der Waals surface area contributed by atoms with Gasteiger partial charge in [0.05, 0.1) is 10.5 Å². The Morgan fingerprint density at radius 3 is 2.62 bits per heavy atom. The van der Waals surface area contributed by atoms with Crippen LogP contribution in [0.15, 0.2) is 23.1 Å². The Morgan fingerprint density at radius 2 is 2.14 bits per heavy atom. The van der Waals surface area contributed by atoms with Gasteiger partial charge in [0.25, 0.3) is 5.69 Å². The molecule has 1 saturated heterocycles. The van der Waals surface area contributed by atoms with Gasteiger partial charge in [-0.25, -0.2) is 8.42 Å². The van der Waals surface area contributed by atoms with Crippen LogP contribution in [0.25, 0.3) is 0 Å². The zero-order valence-corrected chi connectivity index (χ0v) is 12.6. The van der Waals surface area contributed by atoms with E-state index in [1.807, 2.05) is 0 Å². The van der Waals surface area contributed by atoms with Crippen molar-refractivity contribution in [2.45, 2.75) is 23.8 Å². The van der Waals surface area contributed by atoms with Gasteiger partial charge in [0, 0.05) is 31.9 Å². The van der Waals surface area contributed by atoms with E-state index >= 15 is 0 Å². The minimum atomic E-state index is -4.03. The molecule has 2 N–H and O–H groups in total. The van der Waals surface area contributed by atoms with Crippen molar-refractivity contribution in [3.8, 4) is 0 Å². The van der Waals surface area contributed by atoms with Gasteiger partial charge in [0.2, 0.25) is 10.0 Å². The Morgan fingerprint density at radius 1 is 1.48 bits per heavy atom. The molecule has 1 aliphatic heterocycles. The van der Waals surface area contributed by atoms with Crippen LogP contribution in [0.2, 0.25) is 0 Å². The number of nitro benzene ring substituents is 1. The fourth-order valence-corrected chi connectivity index (χ4v) is 4.02. The van der Waals surface area contributed by atoms with Crippen molar-refractivity contribution >= 4 is 21.4 Å². The zero-order chi connectivity index (χ0) is 15.8. The highest BCUT2D eigenvalue weighted by Gasteiger charge is 2.41. The van der Waals surface area contributed by atoms with Gasteiger partial charge in [0.1, 0.15) is 0 Å². The third-order valence-corrected chi connectivity index (χ3v) is 5.35. The molecule has 0 spiro atoms. The molecular weight excluding hydrogens is 298 g/mol. The summed E-state index contributed by atoms with van der Waals surface area (Å²) in [6.45, 7) is 1.60. The second-order valence-corrected chi connectivity index (χ2v) is 7.18. The summed E-state index contributed by atoms with van der Waals surface area (Å²) in [6, 6.07) is 3.84. The summed E-state index contributed by atoms with van der Waals surface area (Å²) in [4.78, 5) is 9.98. The van der Waals surface area contributed by atoms with Crippen LogP contribution in [0.5, 0.6) is 0 Å². The number of nitro groups is 1. The highest BCUT2D eigenvalue weighted by molar-refractivity contribution is 7.89. The van der Waals surface area contributed by atoms with Gasteiger partial charge >= 0.3 is 0 Å². The number of nitrogens with zero attached hydrogens (tertiary/aromatic N) is 2. The Bertz CT molecular complexity index is 671. The average molecular weight is 315 g/mol. The van der Waals surface area contributed by atoms with Gasteiger partial charge in [-0.1, -0.05) is 0 Å². The quantitative estimate of drug-likeness (QED) is 0.627. The molecule has 0 amide bonds.